The molecule has 6 nitrogen and oxygen atoms in total. The Hall–Kier alpha value is -1.13. The number of nitrogens with one attached hydrogen (secondary N) is 1. The van der Waals surface area contributed by atoms with Crippen molar-refractivity contribution < 1.29 is 31.8 Å². The molecule has 0 aromatic heterocycles. The van der Waals surface area contributed by atoms with Gasteiger partial charge in [0.05, 0.1) is 32.0 Å². The first-order valence-corrected chi connectivity index (χ1v) is 7.56. The molecule has 0 fully saturated rings. The van der Waals surface area contributed by atoms with E-state index in [1.165, 1.54) is 7.11 Å². The van der Waals surface area contributed by atoms with E-state index in [-0.39, 0.29) is 13.2 Å². The molecule has 0 aliphatic rings. The molecule has 0 spiro atoms. The minimum atomic E-state index is -4.15. The minimum Gasteiger partial charge on any atom is -0.391 e. The molecule has 0 unspecified atom stereocenters. The number of aliphatic hydroxyl groups is 1. The highest BCUT2D eigenvalue weighted by Gasteiger charge is 2.22. The Bertz CT molecular complexity index is 565. The number of aliphatic hydroxyl groups excluding tert-OH is 1. The molecule has 0 atom stereocenters. The fourth-order valence-corrected chi connectivity index (χ4v) is 2.61. The maximum absolute atomic E-state index is 13.8. The summed E-state index contributed by atoms with van der Waals surface area (Å²) in [6, 6.07) is 1.59. The fourth-order valence-electron chi connectivity index (χ4n) is 1.50. The van der Waals surface area contributed by atoms with Crippen LogP contribution in [0, 0.1) is 11.6 Å². The SMILES string of the molecule is COCCOCCNS(=O)(=O)c1ccc(F)c(CO)c1F. The van der Waals surface area contributed by atoms with Crippen molar-refractivity contribution in [2.24, 2.45) is 0 Å². The summed E-state index contributed by atoms with van der Waals surface area (Å²) in [6.45, 7) is -0.242. The zero-order chi connectivity index (χ0) is 15.9. The van der Waals surface area contributed by atoms with Crippen LogP contribution in [0.3, 0.4) is 0 Å². The van der Waals surface area contributed by atoms with Crippen LogP contribution in [-0.2, 0) is 26.1 Å². The third-order valence-electron chi connectivity index (χ3n) is 2.57. The predicted octanol–water partition coefficient (Wildman–Crippen LogP) is 0.398. The molecular weight excluding hydrogens is 308 g/mol. The maximum Gasteiger partial charge on any atom is 0.243 e. The highest BCUT2D eigenvalue weighted by molar-refractivity contribution is 7.89. The topological polar surface area (TPSA) is 84.9 Å². The van der Waals surface area contributed by atoms with Gasteiger partial charge in [-0.2, -0.15) is 0 Å². The number of hydrogen-bond donors (Lipinski definition) is 2. The van der Waals surface area contributed by atoms with E-state index in [1.807, 2.05) is 0 Å². The minimum absolute atomic E-state index is 0.0721. The van der Waals surface area contributed by atoms with Gasteiger partial charge in [0, 0.05) is 13.7 Å². The van der Waals surface area contributed by atoms with Gasteiger partial charge in [-0.05, 0) is 12.1 Å². The van der Waals surface area contributed by atoms with Gasteiger partial charge in [0.15, 0.2) is 5.82 Å². The Morgan fingerprint density at radius 2 is 1.95 bits per heavy atom. The van der Waals surface area contributed by atoms with E-state index in [4.69, 9.17) is 14.6 Å². The molecule has 1 aromatic rings. The van der Waals surface area contributed by atoms with Crippen LogP contribution in [0.1, 0.15) is 5.56 Å². The Morgan fingerprint density at radius 3 is 2.57 bits per heavy atom. The van der Waals surface area contributed by atoms with E-state index >= 15 is 0 Å². The zero-order valence-electron chi connectivity index (χ0n) is 11.4. The van der Waals surface area contributed by atoms with Crippen molar-refractivity contribution in [3.05, 3.63) is 29.3 Å². The van der Waals surface area contributed by atoms with Crippen LogP contribution >= 0.6 is 0 Å². The molecule has 9 heteroatoms. The third-order valence-corrected chi connectivity index (χ3v) is 4.05. The number of sulfonamides is 1. The molecule has 0 aliphatic carbocycles. The molecule has 120 valence electrons. The summed E-state index contributed by atoms with van der Waals surface area (Å²) >= 11 is 0. The van der Waals surface area contributed by atoms with Crippen LogP contribution in [0.25, 0.3) is 0 Å². The smallest absolute Gasteiger partial charge is 0.243 e. The summed E-state index contributed by atoms with van der Waals surface area (Å²) in [6.07, 6.45) is 0. The van der Waals surface area contributed by atoms with Crippen molar-refractivity contribution in [3.8, 4) is 0 Å². The van der Waals surface area contributed by atoms with E-state index in [0.717, 1.165) is 12.1 Å². The first-order chi connectivity index (χ1) is 9.94. The molecule has 0 heterocycles. The quantitative estimate of drug-likeness (QED) is 0.642. The number of rotatable bonds is 9. The van der Waals surface area contributed by atoms with Crippen molar-refractivity contribution in [3.63, 3.8) is 0 Å². The summed E-state index contributed by atoms with van der Waals surface area (Å²) in [4.78, 5) is -0.718. The highest BCUT2D eigenvalue weighted by atomic mass is 32.2. The lowest BCUT2D eigenvalue weighted by Gasteiger charge is -2.10. The average Bonchev–Trinajstić information content (AvgIpc) is 2.43. The highest BCUT2D eigenvalue weighted by Crippen LogP contribution is 2.20. The summed E-state index contributed by atoms with van der Waals surface area (Å²) in [5, 5.41) is 8.86. The van der Waals surface area contributed by atoms with Gasteiger partial charge in [0.1, 0.15) is 10.7 Å². The molecular formula is C12H17F2NO5S. The predicted molar refractivity (Wildman–Crippen MR) is 70.2 cm³/mol. The van der Waals surface area contributed by atoms with Crippen molar-refractivity contribution in [2.75, 3.05) is 33.5 Å². The molecule has 0 bridgehead atoms. The maximum atomic E-state index is 13.8. The monoisotopic (exact) mass is 325 g/mol. The van der Waals surface area contributed by atoms with Crippen molar-refractivity contribution in [1.29, 1.82) is 0 Å². The van der Waals surface area contributed by atoms with Crippen LogP contribution < -0.4 is 4.72 Å². The second-order valence-corrected chi connectivity index (χ2v) is 5.73. The molecule has 0 radical (unpaired) electrons. The molecule has 0 aliphatic heterocycles. The standard InChI is InChI=1S/C12H17F2NO5S/c1-19-6-7-20-5-4-15-21(17,18)11-3-2-10(13)9(8-16)12(11)14/h2-3,15-16H,4-8H2,1H3. The number of ether oxygens (including phenoxy) is 2. The zero-order valence-corrected chi connectivity index (χ0v) is 12.3. The molecule has 21 heavy (non-hydrogen) atoms. The second-order valence-electron chi connectivity index (χ2n) is 4.00. The largest absolute Gasteiger partial charge is 0.391 e. The molecule has 1 aromatic carbocycles. The Morgan fingerprint density at radius 1 is 1.24 bits per heavy atom. The lowest BCUT2D eigenvalue weighted by molar-refractivity contribution is 0.0736. The first kappa shape index (κ1) is 17.9. The third kappa shape index (κ3) is 4.97. The van der Waals surface area contributed by atoms with Crippen LogP contribution in [0.15, 0.2) is 17.0 Å². The van der Waals surface area contributed by atoms with E-state index in [0.29, 0.717) is 13.2 Å². The van der Waals surface area contributed by atoms with Gasteiger partial charge in [0.2, 0.25) is 10.0 Å². The Kier molecular flexibility index (Phi) is 7.12. The van der Waals surface area contributed by atoms with Crippen molar-refractivity contribution >= 4 is 10.0 Å². The van der Waals surface area contributed by atoms with E-state index in [2.05, 4.69) is 4.72 Å². The lowest BCUT2D eigenvalue weighted by atomic mass is 10.2. The van der Waals surface area contributed by atoms with Crippen LogP contribution in [0.5, 0.6) is 0 Å². The van der Waals surface area contributed by atoms with E-state index in [1.54, 1.807) is 0 Å². The van der Waals surface area contributed by atoms with E-state index in [9.17, 15) is 17.2 Å². The normalized spacial score (nSPS) is 11.8. The lowest BCUT2D eigenvalue weighted by Crippen LogP contribution is -2.29. The van der Waals surface area contributed by atoms with Gasteiger partial charge >= 0.3 is 0 Å². The second kappa shape index (κ2) is 8.35. The van der Waals surface area contributed by atoms with Gasteiger partial charge in [-0.1, -0.05) is 0 Å². The van der Waals surface area contributed by atoms with Crippen LogP contribution in [0.2, 0.25) is 0 Å². The molecule has 1 rings (SSSR count). The van der Waals surface area contributed by atoms with Crippen LogP contribution in [0.4, 0.5) is 8.78 Å². The fraction of sp³-hybridized carbons (Fsp3) is 0.500. The van der Waals surface area contributed by atoms with Gasteiger partial charge in [0.25, 0.3) is 0 Å². The number of hydrogen-bond acceptors (Lipinski definition) is 5. The Balaban J connectivity index is 2.71. The Labute approximate surface area is 121 Å². The molecule has 0 amide bonds. The summed E-state index contributed by atoms with van der Waals surface area (Å²) in [5.74, 6) is -2.30. The number of methoxy groups -OCH3 is 1. The van der Waals surface area contributed by atoms with Gasteiger partial charge in [-0.25, -0.2) is 21.9 Å². The summed E-state index contributed by atoms with van der Waals surface area (Å²) < 4.78 is 62.7. The molecule has 0 saturated heterocycles. The summed E-state index contributed by atoms with van der Waals surface area (Å²) in [5.41, 5.74) is -0.686. The van der Waals surface area contributed by atoms with Gasteiger partial charge in [-0.3, -0.25) is 0 Å². The van der Waals surface area contributed by atoms with Crippen molar-refractivity contribution in [1.82, 2.24) is 4.72 Å². The van der Waals surface area contributed by atoms with Crippen LogP contribution in [-0.4, -0.2) is 47.0 Å². The van der Waals surface area contributed by atoms with E-state index < -0.39 is 38.7 Å². The van der Waals surface area contributed by atoms with Crippen molar-refractivity contribution in [2.45, 2.75) is 11.5 Å². The first-order valence-electron chi connectivity index (χ1n) is 6.08. The van der Waals surface area contributed by atoms with Gasteiger partial charge in [-0.15, -0.1) is 0 Å². The average molecular weight is 325 g/mol. The molecule has 0 saturated carbocycles. The molecule has 2 N–H and O–H groups in total. The summed E-state index contributed by atoms with van der Waals surface area (Å²) in [7, 11) is -2.64. The number of benzene rings is 1. The number of halogens is 2. The van der Waals surface area contributed by atoms with Gasteiger partial charge < -0.3 is 14.6 Å².